The molecule has 3 aromatic rings. The molecule has 1 heterocycles. The van der Waals surface area contributed by atoms with Gasteiger partial charge < -0.3 is 10.1 Å². The standard InChI is InChI=1S/C24H26N2O3/c1-16(2)14-18-8-10-19(11-9-18)17(3)25-23(27)15-29-24(28)22-13-12-20-6-4-5-7-21(20)26-22/h4-13,16-17H,14-15H2,1-3H3,(H,25,27)/t17-/m1/s1. The van der Waals surface area contributed by atoms with Crippen molar-refractivity contribution in [2.24, 2.45) is 5.92 Å². The van der Waals surface area contributed by atoms with Crippen LogP contribution in [0, 0.1) is 5.92 Å². The minimum atomic E-state index is -0.614. The first-order valence-electron chi connectivity index (χ1n) is 9.83. The normalized spacial score (nSPS) is 12.0. The lowest BCUT2D eigenvalue weighted by Gasteiger charge is -2.15. The zero-order valence-electron chi connectivity index (χ0n) is 17.0. The molecule has 0 saturated heterocycles. The third-order valence-electron chi connectivity index (χ3n) is 4.64. The first-order chi connectivity index (χ1) is 13.9. The maximum absolute atomic E-state index is 12.2. The van der Waals surface area contributed by atoms with Crippen molar-refractivity contribution in [3.05, 3.63) is 77.5 Å². The molecule has 1 aromatic heterocycles. The highest BCUT2D eigenvalue weighted by Gasteiger charge is 2.14. The summed E-state index contributed by atoms with van der Waals surface area (Å²) in [4.78, 5) is 28.7. The van der Waals surface area contributed by atoms with Crippen molar-refractivity contribution in [2.75, 3.05) is 6.61 Å². The summed E-state index contributed by atoms with van der Waals surface area (Å²) in [6.45, 7) is 5.93. The number of esters is 1. The van der Waals surface area contributed by atoms with E-state index < -0.39 is 5.97 Å². The van der Waals surface area contributed by atoms with Gasteiger partial charge in [-0.1, -0.05) is 62.4 Å². The van der Waals surface area contributed by atoms with Gasteiger partial charge in [0.05, 0.1) is 11.6 Å². The third-order valence-corrected chi connectivity index (χ3v) is 4.64. The van der Waals surface area contributed by atoms with Crippen molar-refractivity contribution in [1.82, 2.24) is 10.3 Å². The number of nitrogens with one attached hydrogen (secondary N) is 1. The summed E-state index contributed by atoms with van der Waals surface area (Å²) in [7, 11) is 0. The van der Waals surface area contributed by atoms with Gasteiger partial charge in [-0.2, -0.15) is 0 Å². The molecule has 0 aliphatic rings. The summed E-state index contributed by atoms with van der Waals surface area (Å²) in [5.41, 5.74) is 3.18. The number of ether oxygens (including phenoxy) is 1. The van der Waals surface area contributed by atoms with E-state index in [0.29, 0.717) is 11.4 Å². The monoisotopic (exact) mass is 390 g/mol. The highest BCUT2D eigenvalue weighted by atomic mass is 16.5. The summed E-state index contributed by atoms with van der Waals surface area (Å²) in [6, 6.07) is 19.0. The Bertz CT molecular complexity index is 996. The Kier molecular flexibility index (Phi) is 6.60. The van der Waals surface area contributed by atoms with Crippen LogP contribution in [0.4, 0.5) is 0 Å². The van der Waals surface area contributed by atoms with E-state index in [1.807, 2.05) is 49.4 Å². The molecule has 1 amide bonds. The molecule has 1 N–H and O–H groups in total. The fourth-order valence-electron chi connectivity index (χ4n) is 3.17. The summed E-state index contributed by atoms with van der Waals surface area (Å²) < 4.78 is 5.12. The number of aromatic nitrogens is 1. The Morgan fingerprint density at radius 2 is 1.69 bits per heavy atom. The average molecular weight is 390 g/mol. The molecule has 1 atom stereocenters. The van der Waals surface area contributed by atoms with Gasteiger partial charge in [0.25, 0.3) is 5.91 Å². The fourth-order valence-corrected chi connectivity index (χ4v) is 3.17. The molecule has 0 aliphatic heterocycles. The van der Waals surface area contributed by atoms with Crippen molar-refractivity contribution in [3.63, 3.8) is 0 Å². The van der Waals surface area contributed by atoms with E-state index >= 15 is 0 Å². The van der Waals surface area contributed by atoms with E-state index in [1.165, 1.54) is 5.56 Å². The third kappa shape index (κ3) is 5.64. The zero-order valence-corrected chi connectivity index (χ0v) is 17.0. The van der Waals surface area contributed by atoms with Crippen LogP contribution in [0.5, 0.6) is 0 Å². The first-order valence-corrected chi connectivity index (χ1v) is 9.83. The number of para-hydroxylation sites is 1. The minimum Gasteiger partial charge on any atom is -0.451 e. The van der Waals surface area contributed by atoms with Gasteiger partial charge in [0, 0.05) is 5.39 Å². The van der Waals surface area contributed by atoms with Gasteiger partial charge in [0.1, 0.15) is 5.69 Å². The average Bonchev–Trinajstić information content (AvgIpc) is 2.71. The molecule has 0 fully saturated rings. The van der Waals surface area contributed by atoms with Crippen LogP contribution >= 0.6 is 0 Å². The smallest absolute Gasteiger partial charge is 0.357 e. The lowest BCUT2D eigenvalue weighted by atomic mass is 10.00. The van der Waals surface area contributed by atoms with Crippen LogP contribution in [0.1, 0.15) is 48.4 Å². The van der Waals surface area contributed by atoms with Gasteiger partial charge in [0.15, 0.2) is 6.61 Å². The van der Waals surface area contributed by atoms with Gasteiger partial charge in [0.2, 0.25) is 0 Å². The van der Waals surface area contributed by atoms with E-state index in [4.69, 9.17) is 4.74 Å². The predicted octanol–water partition coefficient (Wildman–Crippen LogP) is 4.47. The summed E-state index contributed by atoms with van der Waals surface area (Å²) in [5.74, 6) is -0.362. The van der Waals surface area contributed by atoms with Crippen LogP contribution in [-0.4, -0.2) is 23.5 Å². The maximum Gasteiger partial charge on any atom is 0.357 e. The Balaban J connectivity index is 1.52. The van der Waals surface area contributed by atoms with E-state index in [1.54, 1.807) is 6.07 Å². The number of benzene rings is 2. The topological polar surface area (TPSA) is 68.3 Å². The zero-order chi connectivity index (χ0) is 20.8. The van der Waals surface area contributed by atoms with Gasteiger partial charge in [-0.15, -0.1) is 0 Å². The minimum absolute atomic E-state index is 0.173. The van der Waals surface area contributed by atoms with Crippen molar-refractivity contribution < 1.29 is 14.3 Å². The molecule has 0 unspecified atom stereocenters. The molecule has 0 radical (unpaired) electrons. The Morgan fingerprint density at radius 1 is 0.966 bits per heavy atom. The number of hydrogen-bond acceptors (Lipinski definition) is 4. The molecular weight excluding hydrogens is 364 g/mol. The molecule has 150 valence electrons. The summed E-state index contributed by atoms with van der Waals surface area (Å²) in [6.07, 6.45) is 1.03. The second-order valence-electron chi connectivity index (χ2n) is 7.59. The first kappa shape index (κ1) is 20.5. The molecule has 0 saturated carbocycles. The fraction of sp³-hybridized carbons (Fsp3) is 0.292. The molecule has 5 nitrogen and oxygen atoms in total. The second-order valence-corrected chi connectivity index (χ2v) is 7.59. The molecule has 3 rings (SSSR count). The highest BCUT2D eigenvalue weighted by molar-refractivity contribution is 5.92. The predicted molar refractivity (Wildman–Crippen MR) is 114 cm³/mol. The van der Waals surface area contributed by atoms with Crippen LogP contribution < -0.4 is 5.32 Å². The van der Waals surface area contributed by atoms with Crippen LogP contribution in [0.2, 0.25) is 0 Å². The molecule has 0 aliphatic carbocycles. The quantitative estimate of drug-likeness (QED) is 0.605. The van der Waals surface area contributed by atoms with E-state index in [2.05, 4.69) is 36.3 Å². The number of pyridine rings is 1. The maximum atomic E-state index is 12.2. The molecule has 5 heteroatoms. The van der Waals surface area contributed by atoms with Gasteiger partial charge in [-0.05, 0) is 42.5 Å². The molecule has 2 aromatic carbocycles. The largest absolute Gasteiger partial charge is 0.451 e. The molecule has 0 bridgehead atoms. The van der Waals surface area contributed by atoms with Crippen molar-refractivity contribution >= 4 is 22.8 Å². The van der Waals surface area contributed by atoms with Crippen molar-refractivity contribution in [1.29, 1.82) is 0 Å². The lowest BCUT2D eigenvalue weighted by molar-refractivity contribution is -0.124. The van der Waals surface area contributed by atoms with E-state index in [-0.39, 0.29) is 24.2 Å². The summed E-state index contributed by atoms with van der Waals surface area (Å²) >= 11 is 0. The number of amides is 1. The summed E-state index contributed by atoms with van der Waals surface area (Å²) in [5, 5.41) is 3.80. The number of rotatable bonds is 7. The number of nitrogens with zero attached hydrogens (tertiary/aromatic N) is 1. The second kappa shape index (κ2) is 9.32. The SMILES string of the molecule is CC(C)Cc1ccc([C@@H](C)NC(=O)COC(=O)c2ccc3ccccc3n2)cc1. The van der Waals surface area contributed by atoms with Gasteiger partial charge >= 0.3 is 5.97 Å². The van der Waals surface area contributed by atoms with Crippen molar-refractivity contribution in [3.8, 4) is 0 Å². The van der Waals surface area contributed by atoms with Crippen LogP contribution in [0.3, 0.4) is 0 Å². The van der Waals surface area contributed by atoms with Gasteiger partial charge in [-0.25, -0.2) is 9.78 Å². The van der Waals surface area contributed by atoms with Crippen molar-refractivity contribution in [2.45, 2.75) is 33.2 Å². The number of hydrogen-bond donors (Lipinski definition) is 1. The Labute approximate surface area is 171 Å². The van der Waals surface area contributed by atoms with Crippen LogP contribution in [0.25, 0.3) is 10.9 Å². The highest BCUT2D eigenvalue weighted by Crippen LogP contribution is 2.16. The van der Waals surface area contributed by atoms with Gasteiger partial charge in [-0.3, -0.25) is 4.79 Å². The molecule has 29 heavy (non-hydrogen) atoms. The Hall–Kier alpha value is -3.21. The van der Waals surface area contributed by atoms with E-state index in [9.17, 15) is 9.59 Å². The molecular formula is C24H26N2O3. The molecule has 0 spiro atoms. The van der Waals surface area contributed by atoms with Crippen LogP contribution in [0.15, 0.2) is 60.7 Å². The number of carbonyl (C=O) groups excluding carboxylic acids is 2. The Morgan fingerprint density at radius 3 is 2.41 bits per heavy atom. The number of carbonyl (C=O) groups is 2. The number of fused-ring (bicyclic) bond motifs is 1. The lowest BCUT2D eigenvalue weighted by Crippen LogP contribution is -2.31. The van der Waals surface area contributed by atoms with Crippen LogP contribution in [-0.2, 0) is 16.0 Å². The van der Waals surface area contributed by atoms with E-state index in [0.717, 1.165) is 17.4 Å².